The average Bonchev–Trinajstić information content (AvgIpc) is 2.17. The van der Waals surface area contributed by atoms with E-state index in [0.717, 1.165) is 0 Å². The third kappa shape index (κ3) is 2.59. The maximum absolute atomic E-state index is 13.1. The molecule has 4 nitrogen and oxygen atoms in total. The molecule has 0 fully saturated rings. The van der Waals surface area contributed by atoms with Gasteiger partial charge in [0.1, 0.15) is 11.5 Å². The zero-order valence-corrected chi connectivity index (χ0v) is 7.81. The van der Waals surface area contributed by atoms with Crippen molar-refractivity contribution in [2.45, 2.75) is 0 Å². The fraction of sp³-hybridized carbons (Fsp3) is 0.125. The molecule has 0 aliphatic carbocycles. The maximum Gasteiger partial charge on any atom is 0.210 e. The Morgan fingerprint density at radius 3 is 2.20 bits per heavy atom. The first-order valence-corrected chi connectivity index (χ1v) is 3.93. The van der Waals surface area contributed by atoms with Gasteiger partial charge in [-0.25, -0.2) is 19.0 Å². The average molecular weight is 218 g/mol. The Labute approximate surface area is 84.0 Å². The van der Waals surface area contributed by atoms with Gasteiger partial charge >= 0.3 is 0 Å². The van der Waals surface area contributed by atoms with Crippen LogP contribution >= 0.6 is 0 Å². The summed E-state index contributed by atoms with van der Waals surface area (Å²) in [5.74, 6) is 1.83. The van der Waals surface area contributed by atoms with E-state index in [1.807, 2.05) is 0 Å². The number of hydrogen-bond donors (Lipinski definition) is 3. The van der Waals surface area contributed by atoms with Crippen LogP contribution in [-0.4, -0.2) is 13.0 Å². The Morgan fingerprint density at radius 2 is 1.80 bits per heavy atom. The lowest BCUT2D eigenvalue weighted by atomic mass is 10.3. The number of nitrogens with one attached hydrogen (secondary N) is 2. The fourth-order valence-electron chi connectivity index (χ4n) is 0.937. The number of aliphatic imine (C=N–C) groups is 1. The molecule has 15 heavy (non-hydrogen) atoms. The summed E-state index contributed by atoms with van der Waals surface area (Å²) in [6.07, 6.45) is 0. The van der Waals surface area contributed by atoms with Gasteiger partial charge in [0.2, 0.25) is 5.96 Å². The van der Waals surface area contributed by atoms with Crippen LogP contribution in [0, 0.1) is 17.5 Å². The Kier molecular flexibility index (Phi) is 3.51. The van der Waals surface area contributed by atoms with Crippen LogP contribution in [0.3, 0.4) is 0 Å². The van der Waals surface area contributed by atoms with E-state index < -0.39 is 23.1 Å². The minimum atomic E-state index is -1.07. The highest BCUT2D eigenvalue weighted by atomic mass is 19.1. The Hall–Kier alpha value is -1.76. The van der Waals surface area contributed by atoms with Gasteiger partial charge in [0.05, 0.1) is 0 Å². The smallest absolute Gasteiger partial charge is 0.210 e. The number of hydrazine groups is 1. The van der Waals surface area contributed by atoms with Crippen LogP contribution in [0.4, 0.5) is 18.9 Å². The highest BCUT2D eigenvalue weighted by Crippen LogP contribution is 2.19. The molecular formula is C8H9F3N4. The summed E-state index contributed by atoms with van der Waals surface area (Å²) in [6.45, 7) is 0. The van der Waals surface area contributed by atoms with Crippen molar-refractivity contribution >= 4 is 11.6 Å². The third-order valence-electron chi connectivity index (χ3n) is 1.61. The Morgan fingerprint density at radius 1 is 1.27 bits per heavy atom. The van der Waals surface area contributed by atoms with Gasteiger partial charge < -0.3 is 5.32 Å². The van der Waals surface area contributed by atoms with E-state index >= 15 is 0 Å². The Bertz CT molecular complexity index is 368. The summed E-state index contributed by atoms with van der Waals surface area (Å²) >= 11 is 0. The van der Waals surface area contributed by atoms with Gasteiger partial charge in [0, 0.05) is 19.2 Å². The van der Waals surface area contributed by atoms with Gasteiger partial charge in [-0.1, -0.05) is 0 Å². The maximum atomic E-state index is 13.1. The molecular weight excluding hydrogens is 209 g/mol. The minimum Gasteiger partial charge on any atom is -0.320 e. The van der Waals surface area contributed by atoms with E-state index in [4.69, 9.17) is 5.84 Å². The van der Waals surface area contributed by atoms with Crippen LogP contribution in [0.1, 0.15) is 0 Å². The summed E-state index contributed by atoms with van der Waals surface area (Å²) < 4.78 is 38.7. The van der Waals surface area contributed by atoms with Gasteiger partial charge in [0.15, 0.2) is 11.6 Å². The van der Waals surface area contributed by atoms with Crippen molar-refractivity contribution < 1.29 is 13.2 Å². The Balaban J connectivity index is 3.05. The summed E-state index contributed by atoms with van der Waals surface area (Å²) in [6, 6.07) is 1.10. The van der Waals surface area contributed by atoms with Gasteiger partial charge in [0.25, 0.3) is 0 Å². The van der Waals surface area contributed by atoms with E-state index in [9.17, 15) is 13.2 Å². The molecule has 1 aromatic carbocycles. The molecule has 1 aromatic rings. The molecule has 0 aliphatic heterocycles. The molecule has 4 N–H and O–H groups in total. The van der Waals surface area contributed by atoms with Gasteiger partial charge in [-0.05, 0) is 0 Å². The molecule has 0 unspecified atom stereocenters. The summed E-state index contributed by atoms with van der Waals surface area (Å²) in [5, 5.41) is 2.24. The van der Waals surface area contributed by atoms with Crippen molar-refractivity contribution in [1.29, 1.82) is 0 Å². The third-order valence-corrected chi connectivity index (χ3v) is 1.61. The van der Waals surface area contributed by atoms with Crippen molar-refractivity contribution in [3.8, 4) is 0 Å². The molecule has 0 radical (unpaired) electrons. The number of guanidine groups is 1. The molecule has 0 aromatic heterocycles. The molecule has 0 saturated carbocycles. The van der Waals surface area contributed by atoms with Crippen molar-refractivity contribution in [1.82, 2.24) is 5.43 Å². The lowest BCUT2D eigenvalue weighted by Crippen LogP contribution is -2.36. The fourth-order valence-corrected chi connectivity index (χ4v) is 0.937. The van der Waals surface area contributed by atoms with E-state index in [1.54, 1.807) is 0 Å². The molecule has 0 amide bonds. The molecule has 0 atom stereocenters. The molecule has 82 valence electrons. The zero-order chi connectivity index (χ0) is 11.4. The quantitative estimate of drug-likeness (QED) is 0.285. The van der Waals surface area contributed by atoms with E-state index in [1.165, 1.54) is 7.05 Å². The number of rotatable bonds is 1. The molecule has 1 rings (SSSR count). The number of hydrogen-bond acceptors (Lipinski definition) is 2. The predicted molar refractivity (Wildman–Crippen MR) is 50.6 cm³/mol. The van der Waals surface area contributed by atoms with Gasteiger partial charge in [-0.2, -0.15) is 0 Å². The lowest BCUT2D eigenvalue weighted by molar-refractivity contribution is 0.549. The normalized spacial score (nSPS) is 11.4. The van der Waals surface area contributed by atoms with Crippen LogP contribution in [0.2, 0.25) is 0 Å². The number of benzene rings is 1. The van der Waals surface area contributed by atoms with E-state index in [0.29, 0.717) is 12.1 Å². The predicted octanol–water partition coefficient (Wildman–Crippen LogP) is 0.965. The highest BCUT2D eigenvalue weighted by Gasteiger charge is 2.12. The molecule has 0 bridgehead atoms. The van der Waals surface area contributed by atoms with Crippen molar-refractivity contribution in [2.75, 3.05) is 12.4 Å². The first-order chi connectivity index (χ1) is 7.08. The van der Waals surface area contributed by atoms with Crippen LogP contribution in [0.25, 0.3) is 0 Å². The molecule has 0 heterocycles. The summed E-state index contributed by atoms with van der Waals surface area (Å²) in [4.78, 5) is 3.55. The summed E-state index contributed by atoms with van der Waals surface area (Å²) in [5.41, 5.74) is 1.56. The minimum absolute atomic E-state index is 0.0422. The second-order valence-electron chi connectivity index (χ2n) is 2.59. The van der Waals surface area contributed by atoms with Crippen LogP contribution in [0.5, 0.6) is 0 Å². The number of halogens is 3. The number of anilines is 1. The molecule has 0 saturated heterocycles. The summed E-state index contributed by atoms with van der Waals surface area (Å²) in [7, 11) is 1.36. The van der Waals surface area contributed by atoms with Crippen LogP contribution in [0.15, 0.2) is 17.1 Å². The van der Waals surface area contributed by atoms with E-state index in [2.05, 4.69) is 15.7 Å². The second kappa shape index (κ2) is 4.65. The van der Waals surface area contributed by atoms with Crippen molar-refractivity contribution in [3.63, 3.8) is 0 Å². The SMILES string of the molecule is CN=C(NN)Nc1c(F)cc(F)cc1F. The first-order valence-electron chi connectivity index (χ1n) is 3.93. The van der Waals surface area contributed by atoms with Crippen LogP contribution in [-0.2, 0) is 0 Å². The van der Waals surface area contributed by atoms with Crippen molar-refractivity contribution in [3.05, 3.63) is 29.6 Å². The van der Waals surface area contributed by atoms with Crippen molar-refractivity contribution in [2.24, 2.45) is 10.8 Å². The highest BCUT2D eigenvalue weighted by molar-refractivity contribution is 5.93. The molecule has 0 aliphatic rings. The largest absolute Gasteiger partial charge is 0.320 e. The first kappa shape index (κ1) is 11.3. The topological polar surface area (TPSA) is 62.4 Å². The standard InChI is InChI=1S/C8H9F3N4/c1-13-8(15-12)14-7-5(10)2-4(9)3-6(7)11/h2-3H,12H2,1H3,(H2,13,14,15). The second-order valence-corrected chi connectivity index (χ2v) is 2.59. The van der Waals surface area contributed by atoms with Crippen LogP contribution < -0.4 is 16.6 Å². The molecule has 0 spiro atoms. The zero-order valence-electron chi connectivity index (χ0n) is 7.81. The number of nitrogens with zero attached hydrogens (tertiary/aromatic N) is 1. The monoisotopic (exact) mass is 218 g/mol. The molecule has 7 heteroatoms. The number of nitrogens with two attached hydrogens (primary N) is 1. The lowest BCUT2D eigenvalue weighted by Gasteiger charge is -2.09. The van der Waals surface area contributed by atoms with Gasteiger partial charge in [-0.15, -0.1) is 0 Å². The van der Waals surface area contributed by atoms with E-state index in [-0.39, 0.29) is 5.96 Å². The van der Waals surface area contributed by atoms with Gasteiger partial charge in [-0.3, -0.25) is 10.4 Å².